The number of para-hydroxylation sites is 1. The summed E-state index contributed by atoms with van der Waals surface area (Å²) in [7, 11) is 0. The first kappa shape index (κ1) is 23.6. The fourth-order valence-electron chi connectivity index (χ4n) is 4.61. The Morgan fingerprint density at radius 1 is 1.09 bits per heavy atom. The van der Waals surface area contributed by atoms with Gasteiger partial charge in [0.2, 0.25) is 5.91 Å². The van der Waals surface area contributed by atoms with E-state index in [0.717, 1.165) is 54.9 Å². The molecule has 0 bridgehead atoms. The largest absolute Gasteiger partial charge is 0.368 e. The number of nitrogens with zero attached hydrogens (tertiary/aromatic N) is 4. The topological polar surface area (TPSA) is 91.6 Å². The van der Waals surface area contributed by atoms with Crippen LogP contribution in [0.1, 0.15) is 38.7 Å². The van der Waals surface area contributed by atoms with E-state index in [9.17, 15) is 14.9 Å². The van der Waals surface area contributed by atoms with Gasteiger partial charge in [-0.3, -0.25) is 24.8 Å². The molecule has 8 heteroatoms. The van der Waals surface area contributed by atoms with E-state index in [4.69, 9.17) is 0 Å². The van der Waals surface area contributed by atoms with Gasteiger partial charge in [0, 0.05) is 61.4 Å². The molecule has 2 atom stereocenters. The lowest BCUT2D eigenvalue weighted by Crippen LogP contribution is -2.52. The summed E-state index contributed by atoms with van der Waals surface area (Å²) in [4.78, 5) is 32.6. The number of hydrogen-bond donors (Lipinski definition) is 1. The Labute approximate surface area is 199 Å². The number of carbonyl (C=O) groups excluding carboxylic acids is 1. The van der Waals surface area contributed by atoms with Crippen LogP contribution in [0.3, 0.4) is 0 Å². The van der Waals surface area contributed by atoms with Crippen LogP contribution in [0.15, 0.2) is 54.9 Å². The standard InChI is InChI=1S/C26H31N5O3/c1-4-18(2)20-7-5-6-8-23(20)28-26(32)19(3)29-13-15-30(16-14-29)24-9-10-25(31(33)34)22-17-27-12-11-21(22)24/h5-12,17-19H,4,13-16H2,1-3H3,(H,28,32). The van der Waals surface area contributed by atoms with Crippen molar-refractivity contribution in [3.63, 3.8) is 0 Å². The predicted molar refractivity (Wildman–Crippen MR) is 135 cm³/mol. The third-order valence-corrected chi connectivity index (χ3v) is 6.91. The third-order valence-electron chi connectivity index (χ3n) is 6.91. The Kier molecular flexibility index (Phi) is 7.07. The summed E-state index contributed by atoms with van der Waals surface area (Å²) in [5, 5.41) is 15.9. The lowest BCUT2D eigenvalue weighted by atomic mass is 9.97. The number of fused-ring (bicyclic) bond motifs is 1. The summed E-state index contributed by atoms with van der Waals surface area (Å²) < 4.78 is 0. The van der Waals surface area contributed by atoms with E-state index in [1.807, 2.05) is 37.3 Å². The van der Waals surface area contributed by atoms with Crippen LogP contribution in [0.25, 0.3) is 10.8 Å². The molecular weight excluding hydrogens is 430 g/mol. The van der Waals surface area contributed by atoms with Crippen molar-refractivity contribution in [1.82, 2.24) is 9.88 Å². The normalized spacial score (nSPS) is 16.3. The zero-order valence-corrected chi connectivity index (χ0v) is 19.9. The summed E-state index contributed by atoms with van der Waals surface area (Å²) in [5.74, 6) is 0.373. The van der Waals surface area contributed by atoms with E-state index in [1.54, 1.807) is 18.5 Å². The van der Waals surface area contributed by atoms with Gasteiger partial charge in [-0.05, 0) is 43.0 Å². The molecule has 1 N–H and O–H groups in total. The third kappa shape index (κ3) is 4.72. The molecule has 4 rings (SSSR count). The van der Waals surface area contributed by atoms with Gasteiger partial charge in [0.25, 0.3) is 5.69 Å². The van der Waals surface area contributed by atoms with Crippen molar-refractivity contribution in [3.05, 3.63) is 70.5 Å². The maximum atomic E-state index is 13.1. The number of piperazine rings is 1. The van der Waals surface area contributed by atoms with Crippen molar-refractivity contribution in [2.45, 2.75) is 39.2 Å². The Morgan fingerprint density at radius 3 is 2.53 bits per heavy atom. The van der Waals surface area contributed by atoms with E-state index in [2.05, 4.69) is 40.0 Å². The van der Waals surface area contributed by atoms with E-state index in [0.29, 0.717) is 11.3 Å². The number of non-ortho nitro benzene ring substituents is 1. The van der Waals surface area contributed by atoms with Crippen LogP contribution < -0.4 is 10.2 Å². The molecule has 1 aromatic heterocycles. The molecule has 0 saturated carbocycles. The van der Waals surface area contributed by atoms with Crippen LogP contribution in [0, 0.1) is 10.1 Å². The first-order chi connectivity index (χ1) is 16.4. The van der Waals surface area contributed by atoms with Gasteiger partial charge in [-0.25, -0.2) is 0 Å². The highest BCUT2D eigenvalue weighted by molar-refractivity contribution is 5.99. The molecule has 0 spiro atoms. The van der Waals surface area contributed by atoms with Crippen molar-refractivity contribution in [2.75, 3.05) is 36.4 Å². The molecule has 34 heavy (non-hydrogen) atoms. The van der Waals surface area contributed by atoms with Crippen LogP contribution in [0.5, 0.6) is 0 Å². The summed E-state index contributed by atoms with van der Waals surface area (Å²) in [6.45, 7) is 9.19. The number of aromatic nitrogens is 1. The van der Waals surface area contributed by atoms with Crippen LogP contribution in [0.2, 0.25) is 0 Å². The van der Waals surface area contributed by atoms with E-state index in [1.165, 1.54) is 0 Å². The Morgan fingerprint density at radius 2 is 1.82 bits per heavy atom. The molecule has 1 amide bonds. The molecule has 0 aliphatic carbocycles. The second-order valence-electron chi connectivity index (χ2n) is 8.87. The lowest BCUT2D eigenvalue weighted by molar-refractivity contribution is -0.383. The minimum atomic E-state index is -0.370. The van der Waals surface area contributed by atoms with Gasteiger partial charge in [0.15, 0.2) is 0 Å². The number of amides is 1. The smallest absolute Gasteiger partial charge is 0.278 e. The summed E-state index contributed by atoms with van der Waals surface area (Å²) in [5.41, 5.74) is 3.07. The first-order valence-electron chi connectivity index (χ1n) is 11.8. The second kappa shape index (κ2) is 10.2. The summed E-state index contributed by atoms with van der Waals surface area (Å²) in [6.07, 6.45) is 4.23. The van der Waals surface area contributed by atoms with E-state index < -0.39 is 0 Å². The average molecular weight is 462 g/mol. The molecule has 1 aliphatic heterocycles. The van der Waals surface area contributed by atoms with Crippen molar-refractivity contribution in [2.24, 2.45) is 0 Å². The Bertz CT molecular complexity index is 1190. The molecule has 0 radical (unpaired) electrons. The number of rotatable bonds is 7. The number of benzene rings is 2. The summed E-state index contributed by atoms with van der Waals surface area (Å²) >= 11 is 0. The van der Waals surface area contributed by atoms with Crippen LogP contribution in [-0.2, 0) is 4.79 Å². The zero-order chi connectivity index (χ0) is 24.2. The minimum Gasteiger partial charge on any atom is -0.368 e. The van der Waals surface area contributed by atoms with Gasteiger partial charge in [-0.1, -0.05) is 32.0 Å². The highest BCUT2D eigenvalue weighted by Crippen LogP contribution is 2.33. The average Bonchev–Trinajstić information content (AvgIpc) is 2.87. The lowest BCUT2D eigenvalue weighted by Gasteiger charge is -2.39. The van der Waals surface area contributed by atoms with Crippen LogP contribution >= 0.6 is 0 Å². The molecule has 1 aliphatic rings. The minimum absolute atomic E-state index is 0.00365. The fourth-order valence-corrected chi connectivity index (χ4v) is 4.61. The number of anilines is 2. The molecule has 2 aromatic carbocycles. The number of nitro benzene ring substituents is 1. The molecule has 1 saturated heterocycles. The number of nitro groups is 1. The van der Waals surface area contributed by atoms with E-state index >= 15 is 0 Å². The van der Waals surface area contributed by atoms with Gasteiger partial charge in [0.05, 0.1) is 16.4 Å². The SMILES string of the molecule is CCC(C)c1ccccc1NC(=O)C(C)N1CCN(c2ccc([N+](=O)[O-])c3cnccc23)CC1. The van der Waals surface area contributed by atoms with Crippen LogP contribution in [-0.4, -0.2) is 52.9 Å². The summed E-state index contributed by atoms with van der Waals surface area (Å²) in [6, 6.07) is 13.0. The quantitative estimate of drug-likeness (QED) is 0.401. The van der Waals surface area contributed by atoms with Gasteiger partial charge < -0.3 is 10.2 Å². The number of carbonyl (C=O) groups is 1. The van der Waals surface area contributed by atoms with Crippen molar-refractivity contribution < 1.29 is 9.72 Å². The monoisotopic (exact) mass is 461 g/mol. The van der Waals surface area contributed by atoms with Crippen molar-refractivity contribution >= 4 is 33.7 Å². The van der Waals surface area contributed by atoms with E-state index in [-0.39, 0.29) is 22.6 Å². The van der Waals surface area contributed by atoms with Gasteiger partial charge in [-0.15, -0.1) is 0 Å². The highest BCUT2D eigenvalue weighted by Gasteiger charge is 2.27. The fraction of sp³-hybridized carbons (Fsp3) is 0.385. The predicted octanol–water partition coefficient (Wildman–Crippen LogP) is 4.81. The maximum absolute atomic E-state index is 13.1. The molecule has 2 unspecified atom stereocenters. The molecule has 3 aromatic rings. The number of nitrogens with one attached hydrogen (secondary N) is 1. The second-order valence-corrected chi connectivity index (χ2v) is 8.87. The number of pyridine rings is 1. The van der Waals surface area contributed by atoms with Crippen molar-refractivity contribution in [3.8, 4) is 0 Å². The van der Waals surface area contributed by atoms with Gasteiger partial charge >= 0.3 is 0 Å². The Balaban J connectivity index is 1.44. The molecule has 8 nitrogen and oxygen atoms in total. The van der Waals surface area contributed by atoms with Gasteiger partial charge in [0.1, 0.15) is 0 Å². The molecule has 1 fully saturated rings. The maximum Gasteiger partial charge on any atom is 0.278 e. The van der Waals surface area contributed by atoms with Gasteiger partial charge in [-0.2, -0.15) is 0 Å². The molecule has 2 heterocycles. The Hall–Kier alpha value is -3.52. The highest BCUT2D eigenvalue weighted by atomic mass is 16.6. The van der Waals surface area contributed by atoms with Crippen LogP contribution in [0.4, 0.5) is 17.1 Å². The zero-order valence-electron chi connectivity index (χ0n) is 19.9. The number of hydrogen-bond acceptors (Lipinski definition) is 6. The first-order valence-corrected chi connectivity index (χ1v) is 11.8. The molecule has 178 valence electrons. The molecular formula is C26H31N5O3. The van der Waals surface area contributed by atoms with Crippen molar-refractivity contribution in [1.29, 1.82) is 0 Å².